The van der Waals surface area contributed by atoms with Crippen molar-refractivity contribution in [3.8, 4) is 0 Å². The summed E-state index contributed by atoms with van der Waals surface area (Å²) in [6.45, 7) is 3.41. The van der Waals surface area contributed by atoms with Gasteiger partial charge >= 0.3 is 5.69 Å². The number of nitrogens with two attached hydrogens (primary N) is 2. The molecule has 0 spiro atoms. The first-order valence-corrected chi connectivity index (χ1v) is 10.6. The maximum Gasteiger partial charge on any atom is 0.354 e. The van der Waals surface area contributed by atoms with Gasteiger partial charge in [0.2, 0.25) is 0 Å². The van der Waals surface area contributed by atoms with Crippen LogP contribution in [0.5, 0.6) is 0 Å². The molecule has 8 nitrogen and oxygen atoms in total. The molecule has 1 saturated heterocycles. The van der Waals surface area contributed by atoms with E-state index < -0.39 is 17.1 Å². The van der Waals surface area contributed by atoms with E-state index >= 15 is 4.39 Å². The van der Waals surface area contributed by atoms with E-state index in [2.05, 4.69) is 4.98 Å². The third-order valence-corrected chi connectivity index (χ3v) is 6.59. The lowest BCUT2D eigenvalue weighted by atomic mass is 9.97. The van der Waals surface area contributed by atoms with Gasteiger partial charge < -0.3 is 16.5 Å². The van der Waals surface area contributed by atoms with Gasteiger partial charge in [0.1, 0.15) is 0 Å². The number of rotatable bonds is 4. The second-order valence-corrected chi connectivity index (χ2v) is 8.49. The SMILES string of the molecule is Cc1c(N2CCC(c3cccnc3CN)C2)c(F)cn2c(=O)n(N)c(=O)c(C3CC3)c12. The van der Waals surface area contributed by atoms with Crippen LogP contribution in [0.15, 0.2) is 34.1 Å². The number of aromatic nitrogens is 3. The first-order valence-electron chi connectivity index (χ1n) is 10.6. The molecule has 2 aliphatic rings. The monoisotopic (exact) mass is 424 g/mol. The molecule has 1 aliphatic carbocycles. The van der Waals surface area contributed by atoms with E-state index in [1.807, 2.05) is 17.0 Å². The standard InChI is InChI=1S/C22H25FN6O2/c1-12-19(27-8-6-14(10-27)15-3-2-7-26-17(15)9-24)16(23)11-28-20(12)18(13-4-5-13)21(30)29(25)22(28)31/h2-3,7,11,13-14H,4-6,8-10,24-25H2,1H3. The Bertz CT molecular complexity index is 1310. The lowest BCUT2D eigenvalue weighted by molar-refractivity contribution is 0.607. The fourth-order valence-corrected chi connectivity index (χ4v) is 4.97. The van der Waals surface area contributed by atoms with Gasteiger partial charge in [-0.1, -0.05) is 6.07 Å². The Morgan fingerprint density at radius 3 is 2.71 bits per heavy atom. The highest BCUT2D eigenvalue weighted by Gasteiger charge is 2.34. The summed E-state index contributed by atoms with van der Waals surface area (Å²) in [7, 11) is 0. The van der Waals surface area contributed by atoms with E-state index in [4.69, 9.17) is 11.6 Å². The first kappa shape index (κ1) is 19.7. The third kappa shape index (κ3) is 3.03. The second-order valence-electron chi connectivity index (χ2n) is 8.49. The molecule has 0 radical (unpaired) electrons. The van der Waals surface area contributed by atoms with Gasteiger partial charge in [0.05, 0.1) is 23.1 Å². The molecule has 1 atom stereocenters. The fraction of sp³-hybridized carbons (Fsp3) is 0.409. The molecule has 2 fully saturated rings. The van der Waals surface area contributed by atoms with Crippen LogP contribution in [0.4, 0.5) is 10.1 Å². The molecule has 5 rings (SSSR count). The van der Waals surface area contributed by atoms with E-state index in [9.17, 15) is 9.59 Å². The molecule has 31 heavy (non-hydrogen) atoms. The summed E-state index contributed by atoms with van der Waals surface area (Å²) in [5.41, 5.74) is 8.61. The number of fused-ring (bicyclic) bond motifs is 1. The molecule has 1 aliphatic heterocycles. The van der Waals surface area contributed by atoms with Gasteiger partial charge in [-0.3, -0.25) is 14.2 Å². The molecule has 1 saturated carbocycles. The summed E-state index contributed by atoms with van der Waals surface area (Å²) in [6, 6.07) is 3.92. The van der Waals surface area contributed by atoms with Gasteiger partial charge in [-0.05, 0) is 43.7 Å². The molecule has 3 aromatic heterocycles. The Labute approximate surface area is 177 Å². The first-order chi connectivity index (χ1) is 14.9. The minimum Gasteiger partial charge on any atom is -0.368 e. The van der Waals surface area contributed by atoms with Crippen LogP contribution in [-0.2, 0) is 6.54 Å². The van der Waals surface area contributed by atoms with Crippen LogP contribution < -0.4 is 27.7 Å². The lowest BCUT2D eigenvalue weighted by Crippen LogP contribution is -2.44. The molecule has 0 aromatic carbocycles. The molecule has 0 bridgehead atoms. The van der Waals surface area contributed by atoms with Crippen molar-refractivity contribution in [1.82, 2.24) is 14.1 Å². The van der Waals surface area contributed by atoms with Crippen molar-refractivity contribution in [2.45, 2.75) is 44.6 Å². The molecule has 162 valence electrons. The highest BCUT2D eigenvalue weighted by Crippen LogP contribution is 2.42. The summed E-state index contributed by atoms with van der Waals surface area (Å²) in [5.74, 6) is 5.45. The third-order valence-electron chi connectivity index (χ3n) is 6.59. The highest BCUT2D eigenvalue weighted by atomic mass is 19.1. The Kier molecular flexibility index (Phi) is 4.58. The number of hydrogen-bond acceptors (Lipinski definition) is 6. The topological polar surface area (TPSA) is 112 Å². The van der Waals surface area contributed by atoms with Gasteiger partial charge in [-0.2, -0.15) is 4.68 Å². The van der Waals surface area contributed by atoms with Crippen molar-refractivity contribution in [2.75, 3.05) is 23.8 Å². The molecule has 0 amide bonds. The van der Waals surface area contributed by atoms with Crippen LogP contribution in [0, 0.1) is 12.7 Å². The van der Waals surface area contributed by atoms with Crippen LogP contribution in [-0.4, -0.2) is 27.2 Å². The largest absolute Gasteiger partial charge is 0.368 e. The van der Waals surface area contributed by atoms with Crippen LogP contribution in [0.3, 0.4) is 0 Å². The number of nitrogens with zero attached hydrogens (tertiary/aromatic N) is 4. The predicted octanol–water partition coefficient (Wildman–Crippen LogP) is 1.35. The molecule has 9 heteroatoms. The number of anilines is 1. The van der Waals surface area contributed by atoms with E-state index in [0.29, 0.717) is 46.6 Å². The summed E-state index contributed by atoms with van der Waals surface area (Å²) in [6.07, 6.45) is 5.47. The van der Waals surface area contributed by atoms with Gasteiger partial charge in [0, 0.05) is 42.9 Å². The van der Waals surface area contributed by atoms with Gasteiger partial charge in [0.25, 0.3) is 5.56 Å². The molecular formula is C22H25FN6O2. The van der Waals surface area contributed by atoms with Gasteiger partial charge in [0.15, 0.2) is 5.82 Å². The zero-order valence-electron chi connectivity index (χ0n) is 17.3. The lowest BCUT2D eigenvalue weighted by Gasteiger charge is -2.24. The normalized spacial score (nSPS) is 18.8. The minimum absolute atomic E-state index is 0.0590. The van der Waals surface area contributed by atoms with Crippen molar-refractivity contribution >= 4 is 11.2 Å². The van der Waals surface area contributed by atoms with Crippen molar-refractivity contribution in [3.63, 3.8) is 0 Å². The molecule has 3 aromatic rings. The van der Waals surface area contributed by atoms with E-state index in [-0.39, 0.29) is 11.8 Å². The quantitative estimate of drug-likeness (QED) is 0.612. The number of halogens is 1. The summed E-state index contributed by atoms with van der Waals surface area (Å²) in [4.78, 5) is 31.7. The average molecular weight is 424 g/mol. The van der Waals surface area contributed by atoms with Crippen molar-refractivity contribution < 1.29 is 4.39 Å². The van der Waals surface area contributed by atoms with E-state index in [1.165, 1.54) is 4.40 Å². The Hall–Kier alpha value is -3.20. The van der Waals surface area contributed by atoms with Crippen molar-refractivity contribution in [1.29, 1.82) is 0 Å². The Morgan fingerprint density at radius 2 is 2.00 bits per heavy atom. The van der Waals surface area contributed by atoms with Crippen molar-refractivity contribution in [2.24, 2.45) is 5.73 Å². The van der Waals surface area contributed by atoms with Crippen LogP contribution in [0.25, 0.3) is 5.52 Å². The fourth-order valence-electron chi connectivity index (χ4n) is 4.97. The maximum atomic E-state index is 15.3. The average Bonchev–Trinajstić information content (AvgIpc) is 3.49. The van der Waals surface area contributed by atoms with Crippen molar-refractivity contribution in [3.05, 3.63) is 73.6 Å². The molecule has 1 unspecified atom stereocenters. The van der Waals surface area contributed by atoms with E-state index in [1.54, 1.807) is 13.1 Å². The second kappa shape index (κ2) is 7.19. The van der Waals surface area contributed by atoms with Crippen LogP contribution in [0.1, 0.15) is 53.5 Å². The summed E-state index contributed by atoms with van der Waals surface area (Å²) in [5, 5.41) is 0. The summed E-state index contributed by atoms with van der Waals surface area (Å²) < 4.78 is 17.1. The summed E-state index contributed by atoms with van der Waals surface area (Å²) >= 11 is 0. The zero-order chi connectivity index (χ0) is 21.9. The van der Waals surface area contributed by atoms with Crippen LogP contribution >= 0.6 is 0 Å². The molecule has 4 heterocycles. The molecule has 4 N–H and O–H groups in total. The van der Waals surface area contributed by atoms with Crippen LogP contribution in [0.2, 0.25) is 0 Å². The number of pyridine rings is 2. The zero-order valence-corrected chi connectivity index (χ0v) is 17.3. The Morgan fingerprint density at radius 1 is 1.23 bits per heavy atom. The maximum absolute atomic E-state index is 15.3. The van der Waals surface area contributed by atoms with E-state index in [0.717, 1.165) is 36.7 Å². The number of aryl methyl sites for hydroxylation is 1. The number of hydrogen-bond donors (Lipinski definition) is 2. The van der Waals surface area contributed by atoms with Gasteiger partial charge in [-0.25, -0.2) is 9.18 Å². The van der Waals surface area contributed by atoms with Gasteiger partial charge in [-0.15, -0.1) is 0 Å². The predicted molar refractivity (Wildman–Crippen MR) is 116 cm³/mol. The molecular weight excluding hydrogens is 399 g/mol. The highest BCUT2D eigenvalue weighted by molar-refractivity contribution is 5.73. The smallest absolute Gasteiger partial charge is 0.354 e. The number of nitrogen functional groups attached to an aromatic ring is 1. The minimum atomic E-state index is -0.736. The Balaban J connectivity index is 1.63.